The van der Waals surface area contributed by atoms with Crippen molar-refractivity contribution in [2.24, 2.45) is 5.41 Å². The van der Waals surface area contributed by atoms with Gasteiger partial charge in [0.1, 0.15) is 16.4 Å². The molecule has 5 rings (SSSR count). The average molecular weight is 522 g/mol. The molecular weight excluding hydrogens is 490 g/mol. The Balaban J connectivity index is 1.19. The molecule has 3 aliphatic heterocycles. The molecule has 2 fully saturated rings. The van der Waals surface area contributed by atoms with Crippen molar-refractivity contribution in [3.05, 3.63) is 51.6 Å². The van der Waals surface area contributed by atoms with Gasteiger partial charge in [0.2, 0.25) is 11.8 Å². The molecule has 194 valence electrons. The number of nitrogens with one attached hydrogen (secondary N) is 1. The van der Waals surface area contributed by atoms with Crippen LogP contribution >= 0.6 is 11.3 Å². The molecular formula is C27H31N5O4S. The summed E-state index contributed by atoms with van der Waals surface area (Å²) >= 11 is 1.62. The van der Waals surface area contributed by atoms with Gasteiger partial charge in [-0.1, -0.05) is 5.57 Å². The fourth-order valence-corrected chi connectivity index (χ4v) is 5.48. The Morgan fingerprint density at radius 3 is 2.59 bits per heavy atom. The van der Waals surface area contributed by atoms with Crippen molar-refractivity contribution >= 4 is 47.2 Å². The summed E-state index contributed by atoms with van der Waals surface area (Å²) in [7, 11) is 0. The Labute approximate surface area is 220 Å². The van der Waals surface area contributed by atoms with Gasteiger partial charge >= 0.3 is 6.09 Å². The fraction of sp³-hybridized carbons (Fsp3) is 0.444. The van der Waals surface area contributed by atoms with E-state index in [-0.39, 0.29) is 11.8 Å². The first-order valence-corrected chi connectivity index (χ1v) is 13.3. The van der Waals surface area contributed by atoms with Crippen LogP contribution in [-0.4, -0.2) is 69.5 Å². The summed E-state index contributed by atoms with van der Waals surface area (Å²) in [5, 5.41) is 5.86. The number of carbonyl (C=O) groups excluding carboxylic acids is 3. The highest BCUT2D eigenvalue weighted by molar-refractivity contribution is 7.10. The number of fused-ring (bicyclic) bond motifs is 1. The van der Waals surface area contributed by atoms with Crippen LogP contribution in [0.25, 0.3) is 12.2 Å². The zero-order valence-electron chi connectivity index (χ0n) is 21.3. The van der Waals surface area contributed by atoms with Crippen LogP contribution in [0.2, 0.25) is 0 Å². The molecule has 37 heavy (non-hydrogen) atoms. The minimum atomic E-state index is -0.679. The molecule has 0 saturated carbocycles. The molecule has 2 saturated heterocycles. The fourth-order valence-electron chi connectivity index (χ4n) is 4.86. The minimum Gasteiger partial charge on any atom is -0.444 e. The van der Waals surface area contributed by atoms with Gasteiger partial charge in [-0.2, -0.15) is 0 Å². The number of ether oxygens (including phenoxy) is 1. The van der Waals surface area contributed by atoms with Crippen LogP contribution in [0.1, 0.15) is 49.7 Å². The van der Waals surface area contributed by atoms with Crippen LogP contribution in [0.15, 0.2) is 35.5 Å². The van der Waals surface area contributed by atoms with Gasteiger partial charge in [0.25, 0.3) is 0 Å². The number of nitrogens with zero attached hydrogens (tertiary/aromatic N) is 4. The van der Waals surface area contributed by atoms with E-state index in [0.717, 1.165) is 29.0 Å². The number of hydrogen-bond acceptors (Lipinski definition) is 7. The Morgan fingerprint density at radius 1 is 1.16 bits per heavy atom. The molecule has 1 spiro atoms. The zero-order chi connectivity index (χ0) is 26.2. The number of piperidine rings is 1. The van der Waals surface area contributed by atoms with E-state index in [4.69, 9.17) is 4.74 Å². The van der Waals surface area contributed by atoms with Gasteiger partial charge in [0.15, 0.2) is 0 Å². The van der Waals surface area contributed by atoms with E-state index < -0.39 is 17.1 Å². The van der Waals surface area contributed by atoms with Gasteiger partial charge < -0.3 is 19.9 Å². The highest BCUT2D eigenvalue weighted by Gasteiger charge is 2.54. The first-order chi connectivity index (χ1) is 17.6. The van der Waals surface area contributed by atoms with Crippen molar-refractivity contribution in [3.8, 4) is 0 Å². The van der Waals surface area contributed by atoms with Crippen LogP contribution in [0.3, 0.4) is 0 Å². The maximum absolute atomic E-state index is 12.8. The monoisotopic (exact) mass is 521 g/mol. The van der Waals surface area contributed by atoms with Crippen molar-refractivity contribution < 1.29 is 19.1 Å². The summed E-state index contributed by atoms with van der Waals surface area (Å²) in [5.74, 6) is 0.382. The summed E-state index contributed by atoms with van der Waals surface area (Å²) in [5.41, 5.74) is 1.75. The van der Waals surface area contributed by atoms with Crippen molar-refractivity contribution in [1.82, 2.24) is 19.8 Å². The molecule has 0 aromatic carbocycles. The van der Waals surface area contributed by atoms with Crippen LogP contribution in [0.4, 0.5) is 10.6 Å². The summed E-state index contributed by atoms with van der Waals surface area (Å²) in [4.78, 5) is 50.0. The van der Waals surface area contributed by atoms with E-state index >= 15 is 0 Å². The van der Waals surface area contributed by atoms with Gasteiger partial charge in [0, 0.05) is 50.0 Å². The van der Waals surface area contributed by atoms with Crippen LogP contribution in [0.5, 0.6) is 0 Å². The molecule has 0 unspecified atom stereocenters. The number of carbonyl (C=O) groups is 3. The second-order valence-corrected chi connectivity index (χ2v) is 11.8. The smallest absolute Gasteiger partial charge is 0.410 e. The van der Waals surface area contributed by atoms with E-state index in [0.29, 0.717) is 38.4 Å². The molecule has 0 radical (unpaired) electrons. The summed E-state index contributed by atoms with van der Waals surface area (Å²) in [6.45, 7) is 7.44. The Kier molecular flexibility index (Phi) is 6.61. The lowest BCUT2D eigenvalue weighted by Crippen LogP contribution is -2.66. The minimum absolute atomic E-state index is 0.0252. The van der Waals surface area contributed by atoms with E-state index in [9.17, 15) is 14.4 Å². The molecule has 3 amide bonds. The van der Waals surface area contributed by atoms with Crippen LogP contribution in [0, 0.1) is 5.41 Å². The van der Waals surface area contributed by atoms with Crippen molar-refractivity contribution in [3.63, 3.8) is 0 Å². The van der Waals surface area contributed by atoms with Gasteiger partial charge in [-0.05, 0) is 69.4 Å². The number of anilines is 1. The van der Waals surface area contributed by atoms with Crippen molar-refractivity contribution in [1.29, 1.82) is 0 Å². The Bertz CT molecular complexity index is 1260. The van der Waals surface area contributed by atoms with Gasteiger partial charge in [-0.15, -0.1) is 11.3 Å². The van der Waals surface area contributed by atoms with Gasteiger partial charge in [0.05, 0.1) is 5.41 Å². The van der Waals surface area contributed by atoms with Crippen LogP contribution < -0.4 is 5.32 Å². The third-order valence-corrected chi connectivity index (χ3v) is 7.51. The zero-order valence-corrected chi connectivity index (χ0v) is 22.1. The molecule has 0 bridgehead atoms. The molecule has 10 heteroatoms. The van der Waals surface area contributed by atoms with E-state index in [1.165, 1.54) is 5.57 Å². The predicted molar refractivity (Wildman–Crippen MR) is 142 cm³/mol. The number of hydrogen-bond donors (Lipinski definition) is 1. The Morgan fingerprint density at radius 2 is 1.92 bits per heavy atom. The Hall–Kier alpha value is -3.53. The number of amides is 3. The second kappa shape index (κ2) is 9.74. The predicted octanol–water partition coefficient (Wildman–Crippen LogP) is 3.99. The lowest BCUT2D eigenvalue weighted by molar-refractivity contribution is -0.135. The quantitative estimate of drug-likeness (QED) is 0.613. The summed E-state index contributed by atoms with van der Waals surface area (Å²) < 4.78 is 5.43. The summed E-state index contributed by atoms with van der Waals surface area (Å²) in [6.07, 6.45) is 10.7. The van der Waals surface area contributed by atoms with Gasteiger partial charge in [-0.3, -0.25) is 9.59 Å². The number of aromatic nitrogens is 2. The maximum atomic E-state index is 12.8. The molecule has 1 N–H and O–H groups in total. The average Bonchev–Trinajstić information content (AvgIpc) is 3.33. The lowest BCUT2D eigenvalue weighted by Gasteiger charge is -2.50. The van der Waals surface area contributed by atoms with Crippen LogP contribution in [-0.2, 0) is 20.7 Å². The highest BCUT2D eigenvalue weighted by atomic mass is 32.1. The van der Waals surface area contributed by atoms with Crippen molar-refractivity contribution in [2.75, 3.05) is 31.5 Å². The number of rotatable bonds is 3. The third kappa shape index (κ3) is 5.58. The van der Waals surface area contributed by atoms with Gasteiger partial charge in [-0.25, -0.2) is 14.8 Å². The molecule has 5 heterocycles. The molecule has 0 aliphatic carbocycles. The second-order valence-electron chi connectivity index (χ2n) is 10.9. The first-order valence-electron chi connectivity index (χ1n) is 12.4. The largest absolute Gasteiger partial charge is 0.444 e. The molecule has 2 aromatic rings. The van der Waals surface area contributed by atoms with E-state index in [2.05, 4.69) is 21.4 Å². The first kappa shape index (κ1) is 25.1. The standard InChI is InChI=1S/C27H31N5O4S/c1-26(2,3)36-25(35)32-16-27(17-32)14-20-12-19(15-29-23(20)30-24(27)34)4-5-22(33)31-9-6-18(7-10-31)13-21-28-8-11-37-21/h4-5,8,11-13,15H,6-7,9-10,14,16-17H2,1-3H3,(H,29,30,34)/b5-4+. The molecule has 0 atom stereocenters. The molecule has 9 nitrogen and oxygen atoms in total. The highest BCUT2D eigenvalue weighted by Crippen LogP contribution is 2.41. The van der Waals surface area contributed by atoms with E-state index in [1.807, 2.05) is 37.1 Å². The number of pyridine rings is 1. The number of likely N-dealkylation sites (tertiary alicyclic amines) is 2. The summed E-state index contributed by atoms with van der Waals surface area (Å²) in [6, 6.07) is 1.95. The lowest BCUT2D eigenvalue weighted by atomic mass is 9.72. The molecule has 2 aromatic heterocycles. The maximum Gasteiger partial charge on any atom is 0.410 e. The normalized spacial score (nSPS) is 18.9. The van der Waals surface area contributed by atoms with Crippen molar-refractivity contribution in [2.45, 2.75) is 45.6 Å². The topological polar surface area (TPSA) is 105 Å². The molecule has 3 aliphatic rings. The number of thiazole rings is 1. The van der Waals surface area contributed by atoms with E-state index in [1.54, 1.807) is 40.8 Å². The SMILES string of the molecule is CC(C)(C)OC(=O)N1CC2(Cc3cc(/C=C/C(=O)N4CCC(=Cc5nccs5)CC4)cnc3NC2=O)C1. The third-order valence-electron chi connectivity index (χ3n) is 6.78.